The van der Waals surface area contributed by atoms with Gasteiger partial charge in [0.2, 0.25) is 0 Å². The molecule has 0 aromatic heterocycles. The summed E-state index contributed by atoms with van der Waals surface area (Å²) < 4.78 is 5.47. The zero-order chi connectivity index (χ0) is 19.4. The quantitative estimate of drug-likeness (QED) is 0.507. The lowest BCUT2D eigenvalue weighted by atomic mass is 9.96. The third-order valence-electron chi connectivity index (χ3n) is 4.79. The summed E-state index contributed by atoms with van der Waals surface area (Å²) in [6, 6.07) is 16.3. The average Bonchev–Trinajstić information content (AvgIpc) is 2.67. The highest BCUT2D eigenvalue weighted by molar-refractivity contribution is 5.91. The molecule has 0 saturated carbocycles. The number of aliphatic hydroxyl groups excluding tert-OH is 1. The molecule has 3 aromatic carbocycles. The minimum Gasteiger partial charge on any atom is -0.508 e. The van der Waals surface area contributed by atoms with Gasteiger partial charge in [0.1, 0.15) is 17.2 Å². The normalized spacial score (nSPS) is 13.4. The number of aromatic hydroxyl groups is 2. The van der Waals surface area contributed by atoms with Crippen molar-refractivity contribution in [3.05, 3.63) is 65.7 Å². The van der Waals surface area contributed by atoms with E-state index in [0.717, 1.165) is 28.5 Å². The second kappa shape index (κ2) is 8.29. The fraction of sp³-hybridized carbons (Fsp3) is 0.273. The molecule has 5 nitrogen and oxygen atoms in total. The number of rotatable bonds is 7. The van der Waals surface area contributed by atoms with Gasteiger partial charge in [-0.05, 0) is 41.1 Å². The number of phenolic OH excluding ortho intramolecular Hbond substituents is 2. The Labute approximate surface area is 158 Å². The Hall–Kier alpha value is -2.76. The molecule has 0 saturated heterocycles. The highest BCUT2D eigenvalue weighted by Gasteiger charge is 2.17. The van der Waals surface area contributed by atoms with Crippen LogP contribution in [0.25, 0.3) is 10.8 Å². The Balaban J connectivity index is 1.83. The summed E-state index contributed by atoms with van der Waals surface area (Å²) in [6.45, 7) is 2.38. The van der Waals surface area contributed by atoms with E-state index in [4.69, 9.17) is 4.74 Å². The van der Waals surface area contributed by atoms with Gasteiger partial charge in [0, 0.05) is 24.0 Å². The van der Waals surface area contributed by atoms with Crippen LogP contribution in [-0.2, 0) is 0 Å². The standard InChI is InChI=1S/C22H25NO4/c1-3-20(23-13-21(26)14-10-15(24)12-16(25)11-14)18-8-9-22(27-2)19-7-5-4-6-17(18)19/h4-12,20-21,23-26H,3,13H2,1-2H3/t20-,21+/m1/s1. The maximum Gasteiger partial charge on any atom is 0.126 e. The van der Waals surface area contributed by atoms with Crippen molar-refractivity contribution in [3.63, 3.8) is 0 Å². The molecule has 0 aliphatic heterocycles. The number of phenols is 2. The molecule has 2 atom stereocenters. The molecular formula is C22H25NO4. The predicted molar refractivity (Wildman–Crippen MR) is 106 cm³/mol. The van der Waals surface area contributed by atoms with Gasteiger partial charge in [-0.1, -0.05) is 37.3 Å². The Morgan fingerprint density at radius 3 is 2.26 bits per heavy atom. The lowest BCUT2D eigenvalue weighted by Crippen LogP contribution is -2.26. The van der Waals surface area contributed by atoms with Crippen LogP contribution in [0.15, 0.2) is 54.6 Å². The van der Waals surface area contributed by atoms with Crippen LogP contribution in [-0.4, -0.2) is 29.0 Å². The van der Waals surface area contributed by atoms with Crippen LogP contribution in [0.1, 0.15) is 36.6 Å². The van der Waals surface area contributed by atoms with E-state index in [9.17, 15) is 15.3 Å². The molecule has 5 heteroatoms. The summed E-state index contributed by atoms with van der Waals surface area (Å²) in [5, 5.41) is 35.2. The number of fused-ring (bicyclic) bond motifs is 1. The lowest BCUT2D eigenvalue weighted by molar-refractivity contribution is 0.168. The van der Waals surface area contributed by atoms with Gasteiger partial charge in [0.05, 0.1) is 13.2 Å². The number of ether oxygens (including phenoxy) is 1. The second-order valence-corrected chi connectivity index (χ2v) is 6.57. The SMILES string of the molecule is CC[C@@H](NC[C@H](O)c1cc(O)cc(O)c1)c1ccc(OC)c2ccccc12. The second-order valence-electron chi connectivity index (χ2n) is 6.57. The van der Waals surface area contributed by atoms with Crippen LogP contribution >= 0.6 is 0 Å². The molecule has 0 amide bonds. The smallest absolute Gasteiger partial charge is 0.126 e. The number of methoxy groups -OCH3 is 1. The van der Waals surface area contributed by atoms with Gasteiger partial charge >= 0.3 is 0 Å². The Morgan fingerprint density at radius 2 is 1.63 bits per heavy atom. The summed E-state index contributed by atoms with van der Waals surface area (Å²) >= 11 is 0. The van der Waals surface area contributed by atoms with E-state index in [1.807, 2.05) is 24.3 Å². The van der Waals surface area contributed by atoms with Crippen LogP contribution < -0.4 is 10.1 Å². The van der Waals surface area contributed by atoms with Gasteiger partial charge in [-0.25, -0.2) is 0 Å². The molecule has 0 fully saturated rings. The van der Waals surface area contributed by atoms with Gasteiger partial charge in [-0.15, -0.1) is 0 Å². The molecule has 0 unspecified atom stereocenters. The molecule has 27 heavy (non-hydrogen) atoms. The van der Waals surface area contributed by atoms with Crippen molar-refractivity contribution in [2.75, 3.05) is 13.7 Å². The van der Waals surface area contributed by atoms with Crippen LogP contribution in [0.2, 0.25) is 0 Å². The van der Waals surface area contributed by atoms with Crippen molar-refractivity contribution < 1.29 is 20.1 Å². The summed E-state index contributed by atoms with van der Waals surface area (Å²) in [5.74, 6) is 0.689. The first-order valence-electron chi connectivity index (χ1n) is 9.03. The van der Waals surface area contributed by atoms with Crippen LogP contribution in [0.5, 0.6) is 17.2 Å². The van der Waals surface area contributed by atoms with E-state index in [1.54, 1.807) is 7.11 Å². The van der Waals surface area contributed by atoms with Gasteiger partial charge < -0.3 is 25.4 Å². The Bertz CT molecular complexity index is 905. The molecule has 3 aromatic rings. The van der Waals surface area contributed by atoms with Crippen molar-refractivity contribution in [2.45, 2.75) is 25.5 Å². The van der Waals surface area contributed by atoms with Crippen LogP contribution in [0.4, 0.5) is 0 Å². The number of benzene rings is 3. The molecule has 0 aliphatic rings. The van der Waals surface area contributed by atoms with Crippen molar-refractivity contribution in [1.82, 2.24) is 5.32 Å². The number of aliphatic hydroxyl groups is 1. The maximum absolute atomic E-state index is 10.5. The lowest BCUT2D eigenvalue weighted by Gasteiger charge is -2.22. The van der Waals surface area contributed by atoms with Crippen LogP contribution in [0.3, 0.4) is 0 Å². The molecule has 0 aliphatic carbocycles. The van der Waals surface area contributed by atoms with Crippen molar-refractivity contribution in [2.24, 2.45) is 0 Å². The van der Waals surface area contributed by atoms with E-state index in [2.05, 4.69) is 24.4 Å². The molecular weight excluding hydrogens is 342 g/mol. The molecule has 0 bridgehead atoms. The topological polar surface area (TPSA) is 82.0 Å². The maximum atomic E-state index is 10.5. The van der Waals surface area contributed by atoms with Crippen molar-refractivity contribution in [3.8, 4) is 17.2 Å². The molecule has 0 radical (unpaired) electrons. The zero-order valence-corrected chi connectivity index (χ0v) is 15.5. The molecule has 0 heterocycles. The summed E-state index contributed by atoms with van der Waals surface area (Å²) in [6.07, 6.45) is -0.00418. The largest absolute Gasteiger partial charge is 0.508 e. The summed E-state index contributed by atoms with van der Waals surface area (Å²) in [5.41, 5.74) is 1.61. The third kappa shape index (κ3) is 4.15. The first-order chi connectivity index (χ1) is 13.0. The van der Waals surface area contributed by atoms with Crippen LogP contribution in [0, 0.1) is 0 Å². The predicted octanol–water partition coefficient (Wildman–Crippen LogP) is 4.03. The van der Waals surface area contributed by atoms with Crippen molar-refractivity contribution >= 4 is 10.8 Å². The van der Waals surface area contributed by atoms with E-state index >= 15 is 0 Å². The van der Waals surface area contributed by atoms with E-state index < -0.39 is 6.10 Å². The Morgan fingerprint density at radius 1 is 0.963 bits per heavy atom. The minimum absolute atomic E-state index is 0.0429. The molecule has 3 rings (SSSR count). The number of nitrogens with one attached hydrogen (secondary N) is 1. The van der Waals surface area contributed by atoms with E-state index in [0.29, 0.717) is 12.1 Å². The first kappa shape index (κ1) is 19.0. The first-order valence-corrected chi connectivity index (χ1v) is 9.03. The van der Waals surface area contributed by atoms with E-state index in [1.165, 1.54) is 18.2 Å². The van der Waals surface area contributed by atoms with Gasteiger partial charge in [-0.3, -0.25) is 0 Å². The molecule has 0 spiro atoms. The average molecular weight is 367 g/mol. The zero-order valence-electron chi connectivity index (χ0n) is 15.5. The fourth-order valence-electron chi connectivity index (χ4n) is 3.43. The number of hydrogen-bond donors (Lipinski definition) is 4. The fourth-order valence-corrected chi connectivity index (χ4v) is 3.43. The summed E-state index contributed by atoms with van der Waals surface area (Å²) in [7, 11) is 1.66. The third-order valence-corrected chi connectivity index (χ3v) is 4.79. The highest BCUT2D eigenvalue weighted by Crippen LogP contribution is 2.33. The summed E-state index contributed by atoms with van der Waals surface area (Å²) in [4.78, 5) is 0. The van der Waals surface area contributed by atoms with Gasteiger partial charge in [0.15, 0.2) is 0 Å². The minimum atomic E-state index is -0.846. The van der Waals surface area contributed by atoms with E-state index in [-0.39, 0.29) is 17.5 Å². The van der Waals surface area contributed by atoms with Gasteiger partial charge in [-0.2, -0.15) is 0 Å². The molecule has 142 valence electrons. The highest BCUT2D eigenvalue weighted by atomic mass is 16.5. The monoisotopic (exact) mass is 367 g/mol. The van der Waals surface area contributed by atoms with Gasteiger partial charge in [0.25, 0.3) is 0 Å². The van der Waals surface area contributed by atoms with Crippen molar-refractivity contribution in [1.29, 1.82) is 0 Å². The molecule has 4 N–H and O–H groups in total. The Kier molecular flexibility index (Phi) is 5.84. The number of hydrogen-bond acceptors (Lipinski definition) is 5.